The lowest BCUT2D eigenvalue weighted by Gasteiger charge is -2.08. The van der Waals surface area contributed by atoms with E-state index in [1.54, 1.807) is 24.3 Å². The summed E-state index contributed by atoms with van der Waals surface area (Å²) in [6.45, 7) is 0.364. The number of nitro groups is 1. The van der Waals surface area contributed by atoms with Gasteiger partial charge in [-0.2, -0.15) is 0 Å². The van der Waals surface area contributed by atoms with E-state index in [9.17, 15) is 24.5 Å². The van der Waals surface area contributed by atoms with E-state index < -0.39 is 10.8 Å². The van der Waals surface area contributed by atoms with Crippen molar-refractivity contribution >= 4 is 29.1 Å². The van der Waals surface area contributed by atoms with Crippen LogP contribution < -0.4 is 16.0 Å². The summed E-state index contributed by atoms with van der Waals surface area (Å²) < 4.78 is 0. The number of anilines is 1. The summed E-state index contributed by atoms with van der Waals surface area (Å²) in [7, 11) is 0. The van der Waals surface area contributed by atoms with Crippen LogP contribution in [0.1, 0.15) is 33.6 Å². The maximum absolute atomic E-state index is 12.1. The number of carbonyl (C=O) groups excluding carboxylic acids is 3. The Bertz CT molecular complexity index is 938. The Hall–Kier alpha value is -3.75. The molecule has 2 aromatic carbocycles. The van der Waals surface area contributed by atoms with Crippen molar-refractivity contribution in [2.24, 2.45) is 5.92 Å². The fourth-order valence-electron chi connectivity index (χ4n) is 2.61. The maximum Gasteiger partial charge on any atom is 0.270 e. The van der Waals surface area contributed by atoms with Crippen LogP contribution in [0.5, 0.6) is 0 Å². The SMILES string of the molecule is O=C(NCCNC(=O)c1cccc([N+](=O)[O-])c1)c1ccc(NC(=O)C2CC2)cc1. The van der Waals surface area contributed by atoms with Gasteiger partial charge in [-0.25, -0.2) is 0 Å². The van der Waals surface area contributed by atoms with Gasteiger partial charge in [-0.15, -0.1) is 0 Å². The summed E-state index contributed by atoms with van der Waals surface area (Å²) in [6, 6.07) is 12.0. The summed E-state index contributed by atoms with van der Waals surface area (Å²) >= 11 is 0. The number of nitrogens with zero attached hydrogens (tertiary/aromatic N) is 1. The lowest BCUT2D eigenvalue weighted by Crippen LogP contribution is -2.34. The molecule has 2 aromatic rings. The first kappa shape index (κ1) is 20.0. The Kier molecular flexibility index (Phi) is 6.18. The third kappa shape index (κ3) is 5.61. The van der Waals surface area contributed by atoms with Crippen LogP contribution in [0.15, 0.2) is 48.5 Å². The van der Waals surface area contributed by atoms with Gasteiger partial charge in [0, 0.05) is 48.0 Å². The molecule has 0 saturated heterocycles. The quantitative estimate of drug-likeness (QED) is 0.357. The summed E-state index contributed by atoms with van der Waals surface area (Å²) in [5, 5.41) is 18.8. The summed E-state index contributed by atoms with van der Waals surface area (Å²) in [6.07, 6.45) is 1.84. The standard InChI is InChI=1S/C20H20N4O5/c25-18(13-6-8-16(9-7-13)23-20(27)14-4-5-14)21-10-11-22-19(26)15-2-1-3-17(12-15)24(28)29/h1-3,6-9,12,14H,4-5,10-11H2,(H,21,25)(H,22,26)(H,23,27). The molecular weight excluding hydrogens is 376 g/mol. The zero-order valence-electron chi connectivity index (χ0n) is 15.5. The van der Waals surface area contributed by atoms with Gasteiger partial charge in [0.25, 0.3) is 17.5 Å². The summed E-state index contributed by atoms with van der Waals surface area (Å²) in [5.41, 5.74) is 1.08. The lowest BCUT2D eigenvalue weighted by atomic mass is 10.2. The number of hydrogen-bond donors (Lipinski definition) is 3. The number of carbonyl (C=O) groups is 3. The second kappa shape index (κ2) is 8.96. The van der Waals surface area contributed by atoms with E-state index in [1.165, 1.54) is 24.3 Å². The highest BCUT2D eigenvalue weighted by Gasteiger charge is 2.29. The fourth-order valence-corrected chi connectivity index (χ4v) is 2.61. The first-order valence-corrected chi connectivity index (χ1v) is 9.16. The van der Waals surface area contributed by atoms with E-state index in [-0.39, 0.29) is 42.1 Å². The second-order valence-electron chi connectivity index (χ2n) is 6.66. The molecule has 0 unspecified atom stereocenters. The topological polar surface area (TPSA) is 130 Å². The van der Waals surface area contributed by atoms with Crippen molar-refractivity contribution in [2.45, 2.75) is 12.8 Å². The van der Waals surface area contributed by atoms with Crippen molar-refractivity contribution in [1.82, 2.24) is 10.6 Å². The van der Waals surface area contributed by atoms with E-state index in [0.29, 0.717) is 11.3 Å². The molecule has 0 aromatic heterocycles. The number of nitrogens with one attached hydrogen (secondary N) is 3. The molecule has 0 spiro atoms. The molecule has 3 amide bonds. The second-order valence-corrected chi connectivity index (χ2v) is 6.66. The van der Waals surface area contributed by atoms with Crippen LogP contribution in [0.25, 0.3) is 0 Å². The monoisotopic (exact) mass is 396 g/mol. The van der Waals surface area contributed by atoms with Gasteiger partial charge >= 0.3 is 0 Å². The number of hydrogen-bond acceptors (Lipinski definition) is 5. The maximum atomic E-state index is 12.1. The average molecular weight is 396 g/mol. The minimum Gasteiger partial charge on any atom is -0.350 e. The first-order valence-electron chi connectivity index (χ1n) is 9.16. The molecule has 1 fully saturated rings. The Balaban J connectivity index is 1.42. The third-order valence-electron chi connectivity index (χ3n) is 4.38. The molecule has 1 aliphatic carbocycles. The van der Waals surface area contributed by atoms with Crippen molar-refractivity contribution in [3.05, 3.63) is 69.8 Å². The summed E-state index contributed by atoms with van der Waals surface area (Å²) in [4.78, 5) is 46.1. The molecule has 0 atom stereocenters. The van der Waals surface area contributed by atoms with E-state index in [1.807, 2.05) is 0 Å². The van der Waals surface area contributed by atoms with Crippen LogP contribution in [0.3, 0.4) is 0 Å². The van der Waals surface area contributed by atoms with E-state index >= 15 is 0 Å². The third-order valence-corrected chi connectivity index (χ3v) is 4.38. The van der Waals surface area contributed by atoms with Crippen LogP contribution in [0.4, 0.5) is 11.4 Å². The van der Waals surface area contributed by atoms with Crippen LogP contribution in [-0.2, 0) is 4.79 Å². The Morgan fingerprint density at radius 1 is 0.931 bits per heavy atom. The van der Waals surface area contributed by atoms with Crippen LogP contribution in [-0.4, -0.2) is 35.7 Å². The Labute approximate surface area is 166 Å². The molecule has 9 nitrogen and oxygen atoms in total. The highest BCUT2D eigenvalue weighted by Crippen LogP contribution is 2.30. The van der Waals surface area contributed by atoms with Crippen molar-refractivity contribution in [2.75, 3.05) is 18.4 Å². The molecule has 3 N–H and O–H groups in total. The molecule has 1 aliphatic rings. The van der Waals surface area contributed by atoms with Crippen LogP contribution in [0.2, 0.25) is 0 Å². The van der Waals surface area contributed by atoms with Gasteiger partial charge in [0.2, 0.25) is 5.91 Å². The number of amides is 3. The van der Waals surface area contributed by atoms with Gasteiger partial charge in [-0.05, 0) is 43.2 Å². The summed E-state index contributed by atoms with van der Waals surface area (Å²) in [5.74, 6) is -0.662. The van der Waals surface area contributed by atoms with Crippen molar-refractivity contribution in [3.63, 3.8) is 0 Å². The average Bonchev–Trinajstić information content (AvgIpc) is 3.57. The molecular formula is C20H20N4O5. The Morgan fingerprint density at radius 3 is 2.14 bits per heavy atom. The molecule has 3 rings (SSSR count). The predicted molar refractivity (Wildman–Crippen MR) is 106 cm³/mol. The molecule has 0 bridgehead atoms. The minimum atomic E-state index is -0.570. The Morgan fingerprint density at radius 2 is 1.55 bits per heavy atom. The molecule has 150 valence electrons. The minimum absolute atomic E-state index is 0.00157. The smallest absolute Gasteiger partial charge is 0.270 e. The van der Waals surface area contributed by atoms with E-state index in [0.717, 1.165) is 12.8 Å². The van der Waals surface area contributed by atoms with Gasteiger partial charge < -0.3 is 16.0 Å². The number of rotatable bonds is 8. The lowest BCUT2D eigenvalue weighted by molar-refractivity contribution is -0.384. The van der Waals surface area contributed by atoms with Gasteiger partial charge in [0.05, 0.1) is 4.92 Å². The zero-order valence-corrected chi connectivity index (χ0v) is 15.5. The molecule has 9 heteroatoms. The highest BCUT2D eigenvalue weighted by molar-refractivity contribution is 5.97. The van der Waals surface area contributed by atoms with Crippen molar-refractivity contribution in [1.29, 1.82) is 0 Å². The largest absolute Gasteiger partial charge is 0.350 e. The van der Waals surface area contributed by atoms with Gasteiger partial charge in [0.15, 0.2) is 0 Å². The van der Waals surface area contributed by atoms with Gasteiger partial charge in [-0.1, -0.05) is 6.07 Å². The molecule has 0 heterocycles. The predicted octanol–water partition coefficient (Wildman–Crippen LogP) is 2.10. The van der Waals surface area contributed by atoms with E-state index in [2.05, 4.69) is 16.0 Å². The molecule has 0 radical (unpaired) electrons. The van der Waals surface area contributed by atoms with E-state index in [4.69, 9.17) is 0 Å². The fraction of sp³-hybridized carbons (Fsp3) is 0.250. The molecule has 29 heavy (non-hydrogen) atoms. The van der Waals surface area contributed by atoms with Crippen molar-refractivity contribution < 1.29 is 19.3 Å². The van der Waals surface area contributed by atoms with Gasteiger partial charge in [-0.3, -0.25) is 24.5 Å². The number of benzene rings is 2. The van der Waals surface area contributed by atoms with Crippen LogP contribution >= 0.6 is 0 Å². The van der Waals surface area contributed by atoms with Crippen molar-refractivity contribution in [3.8, 4) is 0 Å². The van der Waals surface area contributed by atoms with Crippen LogP contribution in [0, 0.1) is 16.0 Å². The number of non-ortho nitro benzene ring substituents is 1. The zero-order chi connectivity index (χ0) is 20.8. The first-order chi connectivity index (χ1) is 13.9. The molecule has 0 aliphatic heterocycles. The number of nitro benzene ring substituents is 1. The highest BCUT2D eigenvalue weighted by atomic mass is 16.6. The van der Waals surface area contributed by atoms with Gasteiger partial charge in [0.1, 0.15) is 0 Å². The molecule has 1 saturated carbocycles. The normalized spacial score (nSPS) is 12.7.